The normalized spacial score (nSPS) is 10.8. The highest BCUT2D eigenvalue weighted by Gasteiger charge is 2.06. The molecule has 0 saturated carbocycles. The Morgan fingerprint density at radius 1 is 1.38 bits per heavy atom. The summed E-state index contributed by atoms with van der Waals surface area (Å²) in [6.07, 6.45) is 2.55. The Balaban J connectivity index is 3.08. The van der Waals surface area contributed by atoms with Crippen molar-refractivity contribution in [3.8, 4) is 5.75 Å². The Hall–Kier alpha value is -1.29. The molecule has 0 aliphatic carbocycles. The summed E-state index contributed by atoms with van der Waals surface area (Å²) in [5, 5.41) is 0. The van der Waals surface area contributed by atoms with Crippen molar-refractivity contribution in [3.05, 3.63) is 36.4 Å². The maximum absolute atomic E-state index is 10.8. The zero-order chi connectivity index (χ0) is 9.90. The zero-order valence-corrected chi connectivity index (χ0v) is 8.04. The van der Waals surface area contributed by atoms with Gasteiger partial charge in [0.15, 0.2) is 0 Å². The lowest BCUT2D eigenvalue weighted by atomic mass is 10.2. The summed E-state index contributed by atoms with van der Waals surface area (Å²) in [6, 6.07) is 6.80. The molecule has 0 aromatic heterocycles. The molecule has 0 amide bonds. The van der Waals surface area contributed by atoms with Gasteiger partial charge in [-0.3, -0.25) is 0 Å². The van der Waals surface area contributed by atoms with E-state index in [1.165, 1.54) is 0 Å². The first kappa shape index (κ1) is 9.80. The Labute approximate surface area is 77.8 Å². The Kier molecular flexibility index (Phi) is 2.72. The number of hydrogen-bond acceptors (Lipinski definition) is 3. The second kappa shape index (κ2) is 3.62. The van der Waals surface area contributed by atoms with E-state index in [1.807, 2.05) is 0 Å². The van der Waals surface area contributed by atoms with E-state index >= 15 is 0 Å². The van der Waals surface area contributed by atoms with Crippen LogP contribution in [0.2, 0.25) is 0 Å². The van der Waals surface area contributed by atoms with Crippen LogP contribution in [0.25, 0.3) is 6.08 Å². The van der Waals surface area contributed by atoms with Crippen molar-refractivity contribution >= 4 is 16.2 Å². The molecular weight excluding hydrogens is 188 g/mol. The lowest BCUT2D eigenvalue weighted by Crippen LogP contribution is -2.06. The molecule has 0 saturated heterocycles. The van der Waals surface area contributed by atoms with Crippen molar-refractivity contribution in [1.29, 1.82) is 0 Å². The molecule has 1 rings (SSSR count). The van der Waals surface area contributed by atoms with Crippen LogP contribution in [0.5, 0.6) is 5.75 Å². The molecule has 0 heterocycles. The Morgan fingerprint density at radius 3 is 2.54 bits per heavy atom. The average Bonchev–Trinajstić information content (AvgIpc) is 2.02. The van der Waals surface area contributed by atoms with Gasteiger partial charge < -0.3 is 4.18 Å². The predicted octanol–water partition coefficient (Wildman–Crippen LogP) is 1.67. The Morgan fingerprint density at radius 2 is 2.00 bits per heavy atom. The predicted molar refractivity (Wildman–Crippen MR) is 52.0 cm³/mol. The van der Waals surface area contributed by atoms with Crippen molar-refractivity contribution in [1.82, 2.24) is 0 Å². The molecule has 4 heteroatoms. The first-order valence-corrected chi connectivity index (χ1v) is 5.45. The van der Waals surface area contributed by atoms with Gasteiger partial charge in [-0.25, -0.2) is 0 Å². The third kappa shape index (κ3) is 2.91. The topological polar surface area (TPSA) is 43.4 Å². The van der Waals surface area contributed by atoms with Crippen molar-refractivity contribution in [2.75, 3.05) is 6.26 Å². The highest BCUT2D eigenvalue weighted by Crippen LogP contribution is 2.19. The molecule has 1 aromatic carbocycles. The average molecular weight is 198 g/mol. The second-order valence-corrected chi connectivity index (χ2v) is 4.10. The van der Waals surface area contributed by atoms with Gasteiger partial charge in [0.05, 0.1) is 6.26 Å². The van der Waals surface area contributed by atoms with Crippen LogP contribution in [-0.4, -0.2) is 14.7 Å². The molecule has 0 aliphatic heterocycles. The molecule has 0 unspecified atom stereocenters. The van der Waals surface area contributed by atoms with E-state index < -0.39 is 10.1 Å². The highest BCUT2D eigenvalue weighted by atomic mass is 32.2. The smallest absolute Gasteiger partial charge is 0.306 e. The maximum atomic E-state index is 10.8. The minimum absolute atomic E-state index is 0.306. The van der Waals surface area contributed by atoms with Gasteiger partial charge in [0.1, 0.15) is 5.75 Å². The third-order valence-electron chi connectivity index (χ3n) is 1.38. The molecule has 0 N–H and O–H groups in total. The summed E-state index contributed by atoms with van der Waals surface area (Å²) in [4.78, 5) is 0. The minimum atomic E-state index is -3.46. The number of benzene rings is 1. The van der Waals surface area contributed by atoms with Crippen LogP contribution in [0.4, 0.5) is 0 Å². The molecular formula is C9H10O3S. The van der Waals surface area contributed by atoms with E-state index in [4.69, 9.17) is 4.18 Å². The van der Waals surface area contributed by atoms with E-state index in [1.54, 1.807) is 30.3 Å². The summed E-state index contributed by atoms with van der Waals surface area (Å²) >= 11 is 0. The first-order valence-electron chi connectivity index (χ1n) is 3.64. The summed E-state index contributed by atoms with van der Waals surface area (Å²) < 4.78 is 26.3. The highest BCUT2D eigenvalue weighted by molar-refractivity contribution is 7.86. The fourth-order valence-electron chi connectivity index (χ4n) is 0.888. The van der Waals surface area contributed by atoms with Crippen molar-refractivity contribution in [2.24, 2.45) is 0 Å². The molecule has 13 heavy (non-hydrogen) atoms. The molecule has 0 spiro atoms. The van der Waals surface area contributed by atoms with Crippen LogP contribution in [0.3, 0.4) is 0 Å². The van der Waals surface area contributed by atoms with Gasteiger partial charge in [-0.15, -0.1) is 0 Å². The fraction of sp³-hybridized carbons (Fsp3) is 0.111. The van der Waals surface area contributed by atoms with Crippen LogP contribution in [0, 0.1) is 0 Å². The summed E-state index contributed by atoms with van der Waals surface area (Å²) in [6.45, 7) is 3.55. The van der Waals surface area contributed by atoms with Crippen molar-refractivity contribution in [2.45, 2.75) is 0 Å². The van der Waals surface area contributed by atoms with Crippen LogP contribution < -0.4 is 4.18 Å². The van der Waals surface area contributed by atoms with E-state index in [9.17, 15) is 8.42 Å². The molecule has 0 bridgehead atoms. The number of rotatable bonds is 3. The van der Waals surface area contributed by atoms with Crippen molar-refractivity contribution in [3.63, 3.8) is 0 Å². The molecule has 0 radical (unpaired) electrons. The van der Waals surface area contributed by atoms with E-state index in [2.05, 4.69) is 6.58 Å². The van der Waals surface area contributed by atoms with E-state index in [-0.39, 0.29) is 0 Å². The van der Waals surface area contributed by atoms with Gasteiger partial charge >= 0.3 is 10.1 Å². The minimum Gasteiger partial charge on any atom is -0.382 e. The largest absolute Gasteiger partial charge is 0.382 e. The SMILES string of the molecule is C=Cc1ccccc1OS(C)(=O)=O. The van der Waals surface area contributed by atoms with Gasteiger partial charge in [-0.1, -0.05) is 30.9 Å². The van der Waals surface area contributed by atoms with Gasteiger partial charge in [-0.2, -0.15) is 8.42 Å². The van der Waals surface area contributed by atoms with Crippen LogP contribution >= 0.6 is 0 Å². The van der Waals surface area contributed by atoms with Gasteiger partial charge in [0.25, 0.3) is 0 Å². The molecule has 0 fully saturated rings. The molecule has 0 aliphatic rings. The van der Waals surface area contributed by atoms with Crippen LogP contribution in [-0.2, 0) is 10.1 Å². The molecule has 70 valence electrons. The van der Waals surface area contributed by atoms with Crippen LogP contribution in [0.15, 0.2) is 30.8 Å². The summed E-state index contributed by atoms with van der Waals surface area (Å²) in [5.41, 5.74) is 0.660. The molecule has 0 atom stereocenters. The molecule has 1 aromatic rings. The zero-order valence-electron chi connectivity index (χ0n) is 7.23. The third-order valence-corrected chi connectivity index (χ3v) is 1.86. The van der Waals surface area contributed by atoms with Crippen molar-refractivity contribution < 1.29 is 12.6 Å². The summed E-state index contributed by atoms with van der Waals surface area (Å²) in [5.74, 6) is 0.306. The lowest BCUT2D eigenvalue weighted by Gasteiger charge is -2.05. The Bertz CT molecular complexity index is 407. The second-order valence-electron chi connectivity index (χ2n) is 2.53. The standard InChI is InChI=1S/C9H10O3S/c1-3-8-6-4-5-7-9(8)12-13(2,10)11/h3-7H,1H2,2H3. The monoisotopic (exact) mass is 198 g/mol. The fourth-order valence-corrected chi connectivity index (χ4v) is 1.37. The van der Waals surface area contributed by atoms with Gasteiger partial charge in [-0.05, 0) is 6.07 Å². The van der Waals surface area contributed by atoms with E-state index in [0.29, 0.717) is 11.3 Å². The lowest BCUT2D eigenvalue weighted by molar-refractivity contribution is 0.492. The quantitative estimate of drug-likeness (QED) is 0.694. The van der Waals surface area contributed by atoms with Gasteiger partial charge in [0.2, 0.25) is 0 Å². The first-order chi connectivity index (χ1) is 6.03. The summed E-state index contributed by atoms with van der Waals surface area (Å²) in [7, 11) is -3.46. The van der Waals surface area contributed by atoms with E-state index in [0.717, 1.165) is 6.26 Å². The van der Waals surface area contributed by atoms with Crippen LogP contribution in [0.1, 0.15) is 5.56 Å². The molecule has 3 nitrogen and oxygen atoms in total. The number of para-hydroxylation sites is 1. The maximum Gasteiger partial charge on any atom is 0.306 e. The number of hydrogen-bond donors (Lipinski definition) is 0. The van der Waals surface area contributed by atoms with Gasteiger partial charge in [0, 0.05) is 5.56 Å².